The summed E-state index contributed by atoms with van der Waals surface area (Å²) in [6.45, 7) is 5.21. The Morgan fingerprint density at radius 2 is 1.57 bits per heavy atom. The average Bonchev–Trinajstić information content (AvgIpc) is 2.68. The van der Waals surface area contributed by atoms with Crippen LogP contribution in [-0.4, -0.2) is 55.6 Å². The number of hydrogen-bond acceptors (Lipinski definition) is 6. The van der Waals surface area contributed by atoms with Crippen LogP contribution < -0.4 is 14.2 Å². The maximum absolute atomic E-state index is 9.63. The van der Waals surface area contributed by atoms with Crippen molar-refractivity contribution < 1.29 is 24.4 Å². The first kappa shape index (κ1) is 23.7. The van der Waals surface area contributed by atoms with E-state index in [0.717, 1.165) is 38.0 Å². The molecule has 0 saturated carbocycles. The van der Waals surface area contributed by atoms with Crippen LogP contribution in [-0.2, 0) is 6.42 Å². The van der Waals surface area contributed by atoms with Gasteiger partial charge in [-0.2, -0.15) is 0 Å². The van der Waals surface area contributed by atoms with Gasteiger partial charge in [0.1, 0.15) is 6.61 Å². The van der Waals surface area contributed by atoms with E-state index in [1.165, 1.54) is 6.07 Å². The molecule has 0 spiro atoms. The predicted molar refractivity (Wildman–Crippen MR) is 112 cm³/mol. The highest BCUT2D eigenvalue weighted by atomic mass is 35.5. The topological polar surface area (TPSA) is 71.4 Å². The summed E-state index contributed by atoms with van der Waals surface area (Å²) in [5, 5.41) is 19.0. The van der Waals surface area contributed by atoms with Crippen molar-refractivity contribution in [2.45, 2.75) is 19.8 Å². The summed E-state index contributed by atoms with van der Waals surface area (Å²) in [5.74, 6) is 1.73. The lowest BCUT2D eigenvalue weighted by Crippen LogP contribution is -2.31. The van der Waals surface area contributed by atoms with Crippen LogP contribution in [0, 0.1) is 0 Å². The lowest BCUT2D eigenvalue weighted by atomic mass is 10.1. The minimum Gasteiger partial charge on any atom is -0.504 e. The number of methoxy groups -OCH3 is 2. The zero-order valence-electron chi connectivity index (χ0n) is 16.7. The van der Waals surface area contributed by atoms with E-state index in [0.29, 0.717) is 23.9 Å². The highest BCUT2D eigenvalue weighted by Gasteiger charge is 2.12. The number of aromatic hydroxyl groups is 2. The highest BCUT2D eigenvalue weighted by Crippen LogP contribution is 2.36. The fraction of sp³-hybridized carbons (Fsp3) is 0.429. The lowest BCUT2D eigenvalue weighted by molar-refractivity contribution is 0.200. The number of nitrogens with zero attached hydrogens (tertiary/aromatic N) is 1. The zero-order chi connectivity index (χ0) is 19.6. The molecule has 0 aliphatic rings. The van der Waals surface area contributed by atoms with E-state index in [9.17, 15) is 10.2 Å². The van der Waals surface area contributed by atoms with Crippen LogP contribution in [0.5, 0.6) is 28.7 Å². The summed E-state index contributed by atoms with van der Waals surface area (Å²) >= 11 is 0. The predicted octanol–water partition coefficient (Wildman–Crippen LogP) is 3.87. The lowest BCUT2D eigenvalue weighted by Gasteiger charge is -2.22. The van der Waals surface area contributed by atoms with Gasteiger partial charge in [-0.3, -0.25) is 4.90 Å². The van der Waals surface area contributed by atoms with E-state index in [4.69, 9.17) is 14.2 Å². The number of phenols is 2. The third-order valence-electron chi connectivity index (χ3n) is 4.33. The van der Waals surface area contributed by atoms with E-state index in [1.807, 2.05) is 24.3 Å². The molecule has 0 saturated heterocycles. The number of para-hydroxylation sites is 1. The van der Waals surface area contributed by atoms with E-state index in [-0.39, 0.29) is 23.9 Å². The fourth-order valence-corrected chi connectivity index (χ4v) is 2.90. The van der Waals surface area contributed by atoms with Gasteiger partial charge in [-0.1, -0.05) is 19.1 Å². The van der Waals surface area contributed by atoms with Crippen molar-refractivity contribution in [1.82, 2.24) is 4.90 Å². The number of phenolic OH excluding ortho intramolecular Hbond substituents is 2. The number of halogens is 1. The monoisotopic (exact) mass is 411 g/mol. The molecule has 2 aromatic rings. The molecule has 0 aliphatic heterocycles. The first-order valence-electron chi connectivity index (χ1n) is 9.16. The first-order valence-corrected chi connectivity index (χ1v) is 9.16. The minimum absolute atomic E-state index is 0. The molecule has 7 heteroatoms. The number of benzene rings is 2. The van der Waals surface area contributed by atoms with Crippen LogP contribution in [0.2, 0.25) is 0 Å². The van der Waals surface area contributed by atoms with Crippen molar-refractivity contribution in [1.29, 1.82) is 0 Å². The van der Waals surface area contributed by atoms with Crippen LogP contribution >= 0.6 is 12.4 Å². The Morgan fingerprint density at radius 1 is 0.893 bits per heavy atom. The maximum Gasteiger partial charge on any atom is 0.203 e. The summed E-state index contributed by atoms with van der Waals surface area (Å²) in [5.41, 5.74) is 0.985. The van der Waals surface area contributed by atoms with E-state index in [2.05, 4.69) is 11.8 Å². The van der Waals surface area contributed by atoms with E-state index in [1.54, 1.807) is 20.3 Å². The fourth-order valence-electron chi connectivity index (χ4n) is 2.90. The second kappa shape index (κ2) is 12.2. The van der Waals surface area contributed by atoms with Crippen molar-refractivity contribution in [3.8, 4) is 28.7 Å². The quantitative estimate of drug-likeness (QED) is 0.547. The molecule has 0 atom stereocenters. The van der Waals surface area contributed by atoms with Gasteiger partial charge in [0.05, 0.1) is 14.2 Å². The molecule has 0 amide bonds. The van der Waals surface area contributed by atoms with E-state index >= 15 is 0 Å². The SMILES string of the molecule is CCCN(CCOc1c(OC)cccc1OC)CCc1ccc(O)c(O)c1.Cl. The van der Waals surface area contributed by atoms with Gasteiger partial charge in [-0.05, 0) is 49.2 Å². The van der Waals surface area contributed by atoms with Crippen LogP contribution in [0.1, 0.15) is 18.9 Å². The van der Waals surface area contributed by atoms with Gasteiger partial charge in [0.25, 0.3) is 0 Å². The number of rotatable bonds is 11. The van der Waals surface area contributed by atoms with Crippen molar-refractivity contribution in [3.63, 3.8) is 0 Å². The van der Waals surface area contributed by atoms with Crippen molar-refractivity contribution in [3.05, 3.63) is 42.0 Å². The van der Waals surface area contributed by atoms with Crippen LogP contribution in [0.25, 0.3) is 0 Å². The van der Waals surface area contributed by atoms with Gasteiger partial charge in [0, 0.05) is 13.1 Å². The Morgan fingerprint density at radius 3 is 2.14 bits per heavy atom. The van der Waals surface area contributed by atoms with Gasteiger partial charge in [-0.25, -0.2) is 0 Å². The maximum atomic E-state index is 9.63. The molecule has 0 aliphatic carbocycles. The van der Waals surface area contributed by atoms with Crippen molar-refractivity contribution in [2.24, 2.45) is 0 Å². The summed E-state index contributed by atoms with van der Waals surface area (Å²) < 4.78 is 16.7. The molecule has 2 N–H and O–H groups in total. The number of ether oxygens (including phenoxy) is 3. The highest BCUT2D eigenvalue weighted by molar-refractivity contribution is 5.85. The van der Waals surface area contributed by atoms with Crippen LogP contribution in [0.4, 0.5) is 0 Å². The van der Waals surface area contributed by atoms with Crippen molar-refractivity contribution in [2.75, 3.05) is 40.5 Å². The molecular weight excluding hydrogens is 382 g/mol. The van der Waals surface area contributed by atoms with Gasteiger partial charge < -0.3 is 24.4 Å². The molecule has 0 aromatic heterocycles. The Kier molecular flexibility index (Phi) is 10.3. The van der Waals surface area contributed by atoms with Gasteiger partial charge in [0.2, 0.25) is 5.75 Å². The summed E-state index contributed by atoms with van der Waals surface area (Å²) in [6, 6.07) is 10.5. The third-order valence-corrected chi connectivity index (χ3v) is 4.33. The van der Waals surface area contributed by atoms with Gasteiger partial charge in [-0.15, -0.1) is 12.4 Å². The molecule has 0 unspecified atom stereocenters. The summed E-state index contributed by atoms with van der Waals surface area (Å²) in [4.78, 5) is 2.31. The molecule has 6 nitrogen and oxygen atoms in total. The standard InChI is InChI=1S/C21H29NO5.ClH/c1-4-11-22(12-10-16-8-9-17(23)18(24)15-16)13-14-27-21-19(25-2)6-5-7-20(21)26-3;/h5-9,15,23-24H,4,10-14H2,1-3H3;1H. The molecule has 156 valence electrons. The average molecular weight is 412 g/mol. The Hall–Kier alpha value is -2.31. The third kappa shape index (κ3) is 6.69. The smallest absolute Gasteiger partial charge is 0.203 e. The first-order chi connectivity index (χ1) is 13.1. The largest absolute Gasteiger partial charge is 0.504 e. The summed E-state index contributed by atoms with van der Waals surface area (Å²) in [7, 11) is 3.22. The molecule has 0 fully saturated rings. The summed E-state index contributed by atoms with van der Waals surface area (Å²) in [6.07, 6.45) is 1.82. The minimum atomic E-state index is -0.0941. The Balaban J connectivity index is 0.00000392. The normalized spacial score (nSPS) is 10.4. The molecule has 0 heterocycles. The second-order valence-electron chi connectivity index (χ2n) is 6.25. The van der Waals surface area contributed by atoms with Crippen LogP contribution in [0.3, 0.4) is 0 Å². The molecular formula is C21H30ClNO5. The molecule has 0 bridgehead atoms. The second-order valence-corrected chi connectivity index (χ2v) is 6.25. The Labute approximate surface area is 173 Å². The molecule has 2 aromatic carbocycles. The Bertz CT molecular complexity index is 704. The molecule has 2 rings (SSSR count). The molecule has 0 radical (unpaired) electrons. The van der Waals surface area contributed by atoms with Crippen molar-refractivity contribution >= 4 is 12.4 Å². The van der Waals surface area contributed by atoms with Gasteiger partial charge in [0.15, 0.2) is 23.0 Å². The van der Waals surface area contributed by atoms with Crippen LogP contribution in [0.15, 0.2) is 36.4 Å². The number of hydrogen-bond donors (Lipinski definition) is 2. The molecule has 28 heavy (non-hydrogen) atoms. The zero-order valence-corrected chi connectivity index (χ0v) is 17.5. The van der Waals surface area contributed by atoms with Gasteiger partial charge >= 0.3 is 0 Å². The van der Waals surface area contributed by atoms with E-state index < -0.39 is 0 Å².